The van der Waals surface area contributed by atoms with Crippen LogP contribution in [-0.2, 0) is 19.9 Å². The van der Waals surface area contributed by atoms with E-state index in [0.29, 0.717) is 0 Å². The van der Waals surface area contributed by atoms with Gasteiger partial charge in [0.1, 0.15) is 11.3 Å². The molecule has 0 bridgehead atoms. The molecule has 102 valence electrons. The minimum absolute atomic E-state index is 0.172. The highest BCUT2D eigenvalue weighted by Crippen LogP contribution is 2.49. The number of aromatic amines is 1. The zero-order valence-corrected chi connectivity index (χ0v) is 11.7. The minimum Gasteiger partial charge on any atom is -0.308 e. The zero-order chi connectivity index (χ0) is 13.8. The van der Waals surface area contributed by atoms with E-state index in [0.717, 1.165) is 10.8 Å². The van der Waals surface area contributed by atoms with E-state index in [2.05, 4.69) is 0 Å². The summed E-state index contributed by atoms with van der Waals surface area (Å²) in [6, 6.07) is 0. The topological polar surface area (TPSA) is 90.4 Å². The molecule has 1 aromatic heterocycles. The van der Waals surface area contributed by atoms with Crippen LogP contribution in [0.5, 0.6) is 0 Å². The normalized spacial score (nSPS) is 11.7. The van der Waals surface area contributed by atoms with Gasteiger partial charge in [-0.05, 0) is 13.8 Å². The molecule has 1 N–H and O–H groups in total. The predicted molar refractivity (Wildman–Crippen MR) is 67.2 cm³/mol. The van der Waals surface area contributed by atoms with E-state index in [4.69, 9.17) is 20.6 Å². The Kier molecular flexibility index (Phi) is 5.34. The van der Waals surface area contributed by atoms with E-state index in [1.165, 1.54) is 0 Å². The Morgan fingerprint density at radius 1 is 1.33 bits per heavy atom. The third-order valence-electron chi connectivity index (χ3n) is 1.94. The third kappa shape index (κ3) is 3.81. The lowest BCUT2D eigenvalue weighted by atomic mass is 10.6. The minimum atomic E-state index is -3.42. The van der Waals surface area contributed by atoms with Crippen LogP contribution in [0.3, 0.4) is 0 Å². The van der Waals surface area contributed by atoms with Gasteiger partial charge >= 0.3 is 13.3 Å². The second-order valence-corrected chi connectivity index (χ2v) is 5.72. The molecule has 0 aromatic carbocycles. The van der Waals surface area contributed by atoms with Crippen LogP contribution in [0.15, 0.2) is 15.8 Å². The number of aromatic nitrogens is 2. The molecule has 0 saturated heterocycles. The molecule has 9 heteroatoms. The highest BCUT2D eigenvalue weighted by atomic mass is 35.5. The number of halogens is 1. The van der Waals surface area contributed by atoms with Crippen molar-refractivity contribution in [1.82, 2.24) is 9.55 Å². The summed E-state index contributed by atoms with van der Waals surface area (Å²) in [4.78, 5) is 24.6. The fourth-order valence-electron chi connectivity index (χ4n) is 1.29. The Labute approximate surface area is 108 Å². The van der Waals surface area contributed by atoms with Crippen molar-refractivity contribution < 1.29 is 13.6 Å². The first-order valence-electron chi connectivity index (χ1n) is 5.29. The molecule has 1 aromatic rings. The van der Waals surface area contributed by atoms with E-state index in [-0.39, 0.29) is 24.5 Å². The summed E-state index contributed by atoms with van der Waals surface area (Å²) in [6.45, 7) is 3.69. The molecule has 0 amide bonds. The Morgan fingerprint density at radius 2 is 1.89 bits per heavy atom. The van der Waals surface area contributed by atoms with Crippen molar-refractivity contribution in [2.45, 2.75) is 20.1 Å². The van der Waals surface area contributed by atoms with Gasteiger partial charge in [0.25, 0.3) is 5.56 Å². The molecule has 1 rings (SSSR count). The first-order valence-corrected chi connectivity index (χ1v) is 7.40. The number of nitrogens with zero attached hydrogens (tertiary/aromatic N) is 1. The summed E-state index contributed by atoms with van der Waals surface area (Å²) < 4.78 is 23.3. The van der Waals surface area contributed by atoms with Crippen molar-refractivity contribution in [2.24, 2.45) is 0 Å². The van der Waals surface area contributed by atoms with Gasteiger partial charge in [0.15, 0.2) is 0 Å². The second kappa shape index (κ2) is 6.33. The van der Waals surface area contributed by atoms with Crippen LogP contribution in [0.25, 0.3) is 0 Å². The first kappa shape index (κ1) is 15.2. The molecule has 0 radical (unpaired) electrons. The molecular weight excluding hydrogens is 283 g/mol. The molecule has 7 nitrogen and oxygen atoms in total. The molecule has 0 fully saturated rings. The molecule has 0 aliphatic rings. The molecule has 0 atom stereocenters. The van der Waals surface area contributed by atoms with Crippen molar-refractivity contribution >= 4 is 19.2 Å². The van der Waals surface area contributed by atoms with E-state index in [1.807, 2.05) is 4.98 Å². The van der Waals surface area contributed by atoms with E-state index >= 15 is 0 Å². The summed E-state index contributed by atoms with van der Waals surface area (Å²) in [7, 11) is -3.42. The highest BCUT2D eigenvalue weighted by molar-refractivity contribution is 7.52. The summed E-state index contributed by atoms with van der Waals surface area (Å²) >= 11 is 5.59. The number of nitrogens with one attached hydrogen (secondary N) is 1. The summed E-state index contributed by atoms with van der Waals surface area (Å²) in [6.07, 6.45) is 0.803. The Hall–Kier alpha value is -0.880. The van der Waals surface area contributed by atoms with Crippen molar-refractivity contribution in [3.05, 3.63) is 32.1 Å². The van der Waals surface area contributed by atoms with Gasteiger partial charge in [-0.1, -0.05) is 11.6 Å². The molecule has 0 aliphatic carbocycles. The summed E-state index contributed by atoms with van der Waals surface area (Å²) in [5, 5.41) is -0.172. The number of hydrogen-bond donors (Lipinski definition) is 1. The summed E-state index contributed by atoms with van der Waals surface area (Å²) in [5.41, 5.74) is -1.41. The molecular formula is C9H14ClN2O5P. The van der Waals surface area contributed by atoms with Gasteiger partial charge in [0, 0.05) is 6.20 Å². The van der Waals surface area contributed by atoms with E-state index in [1.54, 1.807) is 13.8 Å². The van der Waals surface area contributed by atoms with Gasteiger partial charge in [0.05, 0.1) is 13.2 Å². The van der Waals surface area contributed by atoms with Crippen LogP contribution in [0.1, 0.15) is 13.8 Å². The Morgan fingerprint density at radius 3 is 2.39 bits per heavy atom. The number of H-pyrrole nitrogens is 1. The maximum absolute atomic E-state index is 12.2. The number of hydrogen-bond acceptors (Lipinski definition) is 5. The monoisotopic (exact) mass is 296 g/mol. The van der Waals surface area contributed by atoms with Crippen LogP contribution < -0.4 is 11.2 Å². The SMILES string of the molecule is CCOP(=O)(Cn1cc(Cl)c(=O)[nH]c1=O)OCC. The van der Waals surface area contributed by atoms with Crippen LogP contribution in [0.4, 0.5) is 0 Å². The standard InChI is InChI=1S/C9H14ClN2O5P/c1-3-16-18(15,17-4-2)6-12-5-7(10)8(13)11-9(12)14/h5H,3-4,6H2,1-2H3,(H,11,13,14). The lowest BCUT2D eigenvalue weighted by Gasteiger charge is -2.17. The van der Waals surface area contributed by atoms with Gasteiger partial charge in [-0.15, -0.1) is 0 Å². The Balaban J connectivity index is 3.08. The average molecular weight is 297 g/mol. The third-order valence-corrected chi connectivity index (χ3v) is 4.17. The second-order valence-electron chi connectivity index (χ2n) is 3.29. The number of rotatable bonds is 6. The molecule has 0 spiro atoms. The van der Waals surface area contributed by atoms with Crippen molar-refractivity contribution in [2.75, 3.05) is 13.2 Å². The molecule has 0 unspecified atom stereocenters. The smallest absolute Gasteiger partial charge is 0.308 e. The lowest BCUT2D eigenvalue weighted by Crippen LogP contribution is -2.30. The van der Waals surface area contributed by atoms with E-state index < -0.39 is 18.8 Å². The van der Waals surface area contributed by atoms with Gasteiger partial charge in [-0.25, -0.2) is 4.79 Å². The highest BCUT2D eigenvalue weighted by Gasteiger charge is 2.25. The van der Waals surface area contributed by atoms with Gasteiger partial charge in [-0.2, -0.15) is 0 Å². The fourth-order valence-corrected chi connectivity index (χ4v) is 3.06. The van der Waals surface area contributed by atoms with Crippen LogP contribution >= 0.6 is 19.2 Å². The average Bonchev–Trinajstić information content (AvgIpc) is 2.26. The van der Waals surface area contributed by atoms with Crippen molar-refractivity contribution in [3.8, 4) is 0 Å². The molecule has 0 saturated carbocycles. The van der Waals surface area contributed by atoms with Crippen LogP contribution in [-0.4, -0.2) is 22.8 Å². The van der Waals surface area contributed by atoms with E-state index in [9.17, 15) is 14.2 Å². The quantitative estimate of drug-likeness (QED) is 0.802. The zero-order valence-electron chi connectivity index (χ0n) is 10.0. The van der Waals surface area contributed by atoms with Crippen molar-refractivity contribution in [3.63, 3.8) is 0 Å². The summed E-state index contributed by atoms with van der Waals surface area (Å²) in [5.74, 6) is 0. The van der Waals surface area contributed by atoms with Crippen LogP contribution in [0.2, 0.25) is 5.02 Å². The molecule has 1 heterocycles. The lowest BCUT2D eigenvalue weighted by molar-refractivity contribution is 0.214. The van der Waals surface area contributed by atoms with Gasteiger partial charge in [-0.3, -0.25) is 18.9 Å². The van der Waals surface area contributed by atoms with Gasteiger partial charge in [0.2, 0.25) is 0 Å². The molecule has 0 aliphatic heterocycles. The first-order chi connectivity index (χ1) is 8.41. The van der Waals surface area contributed by atoms with Crippen molar-refractivity contribution in [1.29, 1.82) is 0 Å². The predicted octanol–water partition coefficient (Wildman–Crippen LogP) is 1.41. The maximum atomic E-state index is 12.2. The van der Waals surface area contributed by atoms with Crippen LogP contribution in [0, 0.1) is 0 Å². The fraction of sp³-hybridized carbons (Fsp3) is 0.556. The Bertz CT molecular complexity index is 557. The molecule has 18 heavy (non-hydrogen) atoms. The van der Waals surface area contributed by atoms with Gasteiger partial charge < -0.3 is 9.05 Å². The largest absolute Gasteiger partial charge is 0.350 e. The maximum Gasteiger partial charge on any atom is 0.350 e.